The first kappa shape index (κ1) is 5.66. The largest absolute Gasteiger partial charge is 0.268 e. The van der Waals surface area contributed by atoms with Crippen molar-refractivity contribution in [3.63, 3.8) is 0 Å². The third-order valence-electron chi connectivity index (χ3n) is 0.0976. The average molecular weight is 88.9 g/mol. The standard InChI is InChI=1S/C2H4FN.CH3B/c1-4-2-3;1-2/h2H,1H3;1H3/i;1T. The van der Waals surface area contributed by atoms with Gasteiger partial charge in [-0.2, -0.15) is 4.39 Å². The van der Waals surface area contributed by atoms with Crippen LogP contribution in [0.15, 0.2) is 4.99 Å². The summed E-state index contributed by atoms with van der Waals surface area (Å²) in [5.41, 5.74) is 0. The molecule has 0 aromatic heterocycles. The average Bonchev–Trinajstić information content (AvgIpc) is 1.69. The fraction of sp³-hybridized carbons (Fsp3) is 0.667. The molecular weight excluding hydrogens is 79.8 g/mol. The fourth-order valence-corrected chi connectivity index (χ4v) is 0. The van der Waals surface area contributed by atoms with Gasteiger partial charge in [-0.3, -0.25) is 4.99 Å². The molecule has 0 aromatic carbocycles. The molecule has 34 valence electrons. The van der Waals surface area contributed by atoms with Gasteiger partial charge in [0.2, 0.25) is 0 Å². The van der Waals surface area contributed by atoms with Crippen molar-refractivity contribution >= 4 is 14.3 Å². The van der Waals surface area contributed by atoms with Crippen molar-refractivity contribution in [2.75, 3.05) is 7.05 Å². The lowest BCUT2D eigenvalue weighted by molar-refractivity contribution is 0.838. The molecule has 0 spiro atoms. The summed E-state index contributed by atoms with van der Waals surface area (Å²) in [6.45, 7) is 0.250. The van der Waals surface area contributed by atoms with Crippen molar-refractivity contribution in [2.45, 2.75) is 6.80 Å². The van der Waals surface area contributed by atoms with E-state index in [1.54, 1.807) is 0 Å². The smallest absolute Gasteiger partial charge is 0.170 e. The third kappa shape index (κ3) is 58.9. The lowest BCUT2D eigenvalue weighted by Gasteiger charge is -1.49. The molecule has 0 aliphatic rings. The monoisotopic (exact) mass is 89.1 g/mol. The highest BCUT2D eigenvalue weighted by atomic mass is 19.1. The molecule has 2 radical (unpaired) electrons. The van der Waals surface area contributed by atoms with Crippen LogP contribution in [-0.2, 0) is 0 Å². The van der Waals surface area contributed by atoms with Crippen molar-refractivity contribution in [3.8, 4) is 0 Å². The van der Waals surface area contributed by atoms with Crippen LogP contribution in [0.2, 0.25) is 6.80 Å². The zero-order chi connectivity index (χ0) is 6.12. The van der Waals surface area contributed by atoms with E-state index in [9.17, 15) is 4.39 Å². The van der Waals surface area contributed by atoms with Gasteiger partial charge in [0.1, 0.15) is 0 Å². The summed E-state index contributed by atoms with van der Waals surface area (Å²) in [7, 11) is 5.89. The predicted octanol–water partition coefficient (Wildman–Crippen LogP) is 0.817. The Bertz CT molecular complexity index is 37.9. The van der Waals surface area contributed by atoms with Gasteiger partial charge >= 0.3 is 0 Å². The lowest BCUT2D eigenvalue weighted by Crippen LogP contribution is -1.44. The molecule has 0 atom stereocenters. The van der Waals surface area contributed by atoms with Gasteiger partial charge in [0.25, 0.3) is 0 Å². The Hall–Kier alpha value is -0.335. The van der Waals surface area contributed by atoms with Gasteiger partial charge in [-0.1, -0.05) is 6.80 Å². The van der Waals surface area contributed by atoms with E-state index in [4.69, 9.17) is 1.37 Å². The van der Waals surface area contributed by atoms with Gasteiger partial charge < -0.3 is 0 Å². The van der Waals surface area contributed by atoms with E-state index in [0.29, 0.717) is 0 Å². The molecule has 0 unspecified atom stereocenters. The summed E-state index contributed by atoms with van der Waals surface area (Å²) < 4.78 is 16.4. The van der Waals surface area contributed by atoms with E-state index < -0.39 is 0 Å². The van der Waals surface area contributed by atoms with Gasteiger partial charge in [0, 0.05) is 8.42 Å². The van der Waals surface area contributed by atoms with E-state index in [0.717, 1.165) is 0 Å². The minimum absolute atomic E-state index is 0. The van der Waals surface area contributed by atoms with Crippen LogP contribution in [0.3, 0.4) is 0 Å². The molecule has 0 saturated carbocycles. The number of aliphatic imine (C=N–C) groups is 1. The second-order valence-electron chi connectivity index (χ2n) is 0.356. The van der Waals surface area contributed by atoms with Crippen LogP contribution in [0.4, 0.5) is 4.39 Å². The maximum absolute atomic E-state index is 10.4. The van der Waals surface area contributed by atoms with Crippen molar-refractivity contribution in [2.24, 2.45) is 4.99 Å². The van der Waals surface area contributed by atoms with Gasteiger partial charge in [0.15, 0.2) is 6.47 Å². The molecule has 0 N–H and O–H groups in total. The fourth-order valence-electron chi connectivity index (χ4n) is 0. The number of hydrogen-bond donors (Lipinski definition) is 0. The molecule has 0 amide bonds. The molecule has 0 saturated heterocycles. The Kier molecular flexibility index (Phi) is 21.3. The lowest BCUT2D eigenvalue weighted by atomic mass is 10.2. The minimum Gasteiger partial charge on any atom is -0.268 e. The number of halogens is 1. The molecule has 3 heteroatoms. The summed E-state index contributed by atoms with van der Waals surface area (Å²) in [4.78, 5) is 2.94. The Balaban J connectivity index is 0. The van der Waals surface area contributed by atoms with Crippen LogP contribution in [-0.4, -0.2) is 21.4 Å². The summed E-state index contributed by atoms with van der Waals surface area (Å²) in [5.74, 6) is 0. The van der Waals surface area contributed by atoms with E-state index in [2.05, 4.69) is 12.8 Å². The van der Waals surface area contributed by atoms with Gasteiger partial charge in [-0.15, -0.1) is 0 Å². The normalized spacial score (nSPS) is 9.33. The molecule has 0 aromatic rings. The topological polar surface area (TPSA) is 12.4 Å². The van der Waals surface area contributed by atoms with E-state index in [1.807, 2.05) is 0 Å². The van der Waals surface area contributed by atoms with Crippen LogP contribution >= 0.6 is 0 Å². The summed E-state index contributed by atoms with van der Waals surface area (Å²) in [6, 6.07) is 0. The minimum atomic E-state index is 0. The van der Waals surface area contributed by atoms with Crippen LogP contribution in [0, 0.1) is 0 Å². The van der Waals surface area contributed by atoms with Crippen molar-refractivity contribution < 1.29 is 5.76 Å². The van der Waals surface area contributed by atoms with Crippen LogP contribution in [0.1, 0.15) is 1.37 Å². The highest BCUT2D eigenvalue weighted by Gasteiger charge is 1.37. The molecule has 1 nitrogen and oxygen atoms in total. The molecule has 0 bridgehead atoms. The van der Waals surface area contributed by atoms with E-state index >= 15 is 0 Å². The Labute approximate surface area is 40.1 Å². The first-order valence-electron chi connectivity index (χ1n) is 2.04. The second kappa shape index (κ2) is 22.6. The van der Waals surface area contributed by atoms with Crippen LogP contribution < -0.4 is 0 Å². The maximum Gasteiger partial charge on any atom is 0.170 e. The third-order valence-corrected chi connectivity index (χ3v) is 0.0976. The molecule has 0 fully saturated rings. The number of rotatable bonds is 0. The summed E-state index contributed by atoms with van der Waals surface area (Å²) in [5, 5.41) is 0. The number of hydrogen-bond acceptors (Lipinski definition) is 1. The molecule has 0 rings (SSSR count). The van der Waals surface area contributed by atoms with E-state index in [-0.39, 0.29) is 13.3 Å². The quantitative estimate of drug-likeness (QED) is 0.307. The SMILES string of the molecule is CN=CF.[3H]C[B]. The van der Waals surface area contributed by atoms with Crippen molar-refractivity contribution in [1.29, 1.82) is 0 Å². The molecule has 0 heterocycles. The number of nitrogens with zero attached hydrogens (tertiary/aromatic N) is 1. The van der Waals surface area contributed by atoms with Crippen LogP contribution in [0.25, 0.3) is 0 Å². The summed E-state index contributed by atoms with van der Waals surface area (Å²) in [6.07, 6.45) is 0. The maximum atomic E-state index is 10.4. The van der Waals surface area contributed by atoms with Gasteiger partial charge in [-0.05, 0) is 0 Å². The van der Waals surface area contributed by atoms with E-state index in [1.165, 1.54) is 7.05 Å². The Morgan fingerprint density at radius 2 is 2.33 bits per heavy atom. The highest BCUT2D eigenvalue weighted by molar-refractivity contribution is 6.05. The molecule has 0 aliphatic carbocycles. The second-order valence-corrected chi connectivity index (χ2v) is 0.356. The molecule has 0 aliphatic heterocycles. The van der Waals surface area contributed by atoms with Crippen molar-refractivity contribution in [3.05, 3.63) is 0 Å². The van der Waals surface area contributed by atoms with Crippen molar-refractivity contribution in [1.82, 2.24) is 0 Å². The first-order chi connectivity index (χ1) is 3.33. The summed E-state index contributed by atoms with van der Waals surface area (Å²) >= 11 is 0. The Morgan fingerprint density at radius 1 is 2.17 bits per heavy atom. The predicted molar refractivity (Wildman–Crippen MR) is 27.1 cm³/mol. The molecule has 6 heavy (non-hydrogen) atoms. The van der Waals surface area contributed by atoms with Gasteiger partial charge in [-0.25, -0.2) is 0 Å². The van der Waals surface area contributed by atoms with Crippen LogP contribution in [0.5, 0.6) is 0 Å². The first-order valence-corrected chi connectivity index (χ1v) is 1.33. The zero-order valence-corrected chi connectivity index (χ0v) is 3.69. The molecular formula is C3H7BFN. The Morgan fingerprint density at radius 3 is 2.33 bits per heavy atom. The zero-order valence-electron chi connectivity index (χ0n) is 4.69. The van der Waals surface area contributed by atoms with Gasteiger partial charge in [0.05, 0.1) is 7.85 Å². The highest BCUT2D eigenvalue weighted by Crippen LogP contribution is 1.45.